The number of rotatable bonds is 18. The third-order valence-electron chi connectivity index (χ3n) is 7.03. The van der Waals surface area contributed by atoms with Crippen molar-refractivity contribution in [1.29, 1.82) is 0 Å². The lowest BCUT2D eigenvalue weighted by Gasteiger charge is -2.15. The largest absolute Gasteiger partial charge is 0.494 e. The summed E-state index contributed by atoms with van der Waals surface area (Å²) >= 11 is 0. The molecule has 0 aliphatic heterocycles. The monoisotopic (exact) mass is 614 g/mol. The highest BCUT2D eigenvalue weighted by Crippen LogP contribution is 2.30. The number of carboxylic acids is 2. The number of hydrogen-bond acceptors (Lipinski definition) is 6. The van der Waals surface area contributed by atoms with Crippen molar-refractivity contribution in [3.05, 3.63) is 77.1 Å². The first-order valence-electron chi connectivity index (χ1n) is 14.4. The topological polar surface area (TPSA) is 127 Å². The van der Waals surface area contributed by atoms with Gasteiger partial charge in [0, 0.05) is 19.1 Å². The maximum Gasteiger partial charge on any atom is 0.303 e. The fourth-order valence-electron chi connectivity index (χ4n) is 4.67. The van der Waals surface area contributed by atoms with Gasteiger partial charge in [-0.3, -0.25) is 9.59 Å². The van der Waals surface area contributed by atoms with Gasteiger partial charge in [0.2, 0.25) is 0 Å². The molecular weight excluding hydrogens is 575 g/mol. The average molecular weight is 615 g/mol. The van der Waals surface area contributed by atoms with Crippen LogP contribution in [0.2, 0.25) is 0 Å². The Morgan fingerprint density at radius 3 is 2.21 bits per heavy atom. The van der Waals surface area contributed by atoms with Crippen molar-refractivity contribution in [2.45, 2.75) is 69.6 Å². The highest BCUT2D eigenvalue weighted by atomic mass is 32.2. The smallest absolute Gasteiger partial charge is 0.303 e. The van der Waals surface area contributed by atoms with Crippen molar-refractivity contribution >= 4 is 21.8 Å². The van der Waals surface area contributed by atoms with E-state index >= 15 is 0 Å². The first-order valence-corrected chi connectivity index (χ1v) is 16.2. The summed E-state index contributed by atoms with van der Waals surface area (Å²) < 4.78 is 50.4. The molecule has 0 unspecified atom stereocenters. The maximum atomic E-state index is 14.2. The van der Waals surface area contributed by atoms with E-state index in [2.05, 4.69) is 0 Å². The van der Waals surface area contributed by atoms with Gasteiger partial charge in [0.25, 0.3) is 0 Å². The molecule has 8 nitrogen and oxygen atoms in total. The molecule has 0 spiro atoms. The minimum absolute atomic E-state index is 0.00486. The van der Waals surface area contributed by atoms with Crippen LogP contribution in [-0.2, 0) is 32.3 Å². The lowest BCUT2D eigenvalue weighted by atomic mass is 9.97. The number of unbranched alkanes of at least 4 members (excludes halogenated alkanes) is 3. The zero-order valence-electron chi connectivity index (χ0n) is 24.6. The lowest BCUT2D eigenvalue weighted by Crippen LogP contribution is -2.07. The van der Waals surface area contributed by atoms with Crippen LogP contribution in [0.4, 0.5) is 4.39 Å². The zero-order chi connectivity index (χ0) is 31.4. The fraction of sp³-hybridized carbons (Fsp3) is 0.394. The number of carboxylic acid groups (broad SMARTS) is 2. The number of ether oxygens (including phenoxy) is 2. The Bertz CT molecular complexity index is 1520. The lowest BCUT2D eigenvalue weighted by molar-refractivity contribution is -0.138. The van der Waals surface area contributed by atoms with Crippen molar-refractivity contribution in [2.75, 3.05) is 19.5 Å². The molecule has 0 heterocycles. The Morgan fingerprint density at radius 2 is 1.51 bits per heavy atom. The molecule has 0 aliphatic rings. The summed E-state index contributed by atoms with van der Waals surface area (Å²) in [5, 5.41) is 18.0. The van der Waals surface area contributed by atoms with E-state index in [-0.39, 0.29) is 30.2 Å². The third kappa shape index (κ3) is 11.0. The van der Waals surface area contributed by atoms with Crippen molar-refractivity contribution in [3.63, 3.8) is 0 Å². The Kier molecular flexibility index (Phi) is 12.5. The van der Waals surface area contributed by atoms with Crippen LogP contribution in [-0.4, -0.2) is 50.0 Å². The van der Waals surface area contributed by atoms with Gasteiger partial charge in [-0.05, 0) is 97.2 Å². The number of aliphatic carboxylic acids is 2. The SMILES string of the molecule is Cc1ccc(-c2cc(OCCCCCCc3cccc(OCCCC(=O)O)c3CCC(=O)O)cc(S(C)(=O)=O)c2)cc1F. The molecule has 0 radical (unpaired) electrons. The summed E-state index contributed by atoms with van der Waals surface area (Å²) in [7, 11) is -3.51. The van der Waals surface area contributed by atoms with E-state index in [0.717, 1.165) is 49.5 Å². The minimum atomic E-state index is -3.51. The van der Waals surface area contributed by atoms with Gasteiger partial charge in [0.15, 0.2) is 9.84 Å². The van der Waals surface area contributed by atoms with Crippen molar-refractivity contribution in [3.8, 4) is 22.6 Å². The molecule has 3 aromatic rings. The summed E-state index contributed by atoms with van der Waals surface area (Å²) in [6, 6.07) is 15.1. The zero-order valence-corrected chi connectivity index (χ0v) is 25.4. The molecule has 0 amide bonds. The average Bonchev–Trinajstić information content (AvgIpc) is 2.94. The number of halogens is 1. The first kappa shape index (κ1) is 33.6. The molecule has 0 aliphatic carbocycles. The van der Waals surface area contributed by atoms with Crippen molar-refractivity contribution in [1.82, 2.24) is 0 Å². The molecule has 0 fully saturated rings. The van der Waals surface area contributed by atoms with E-state index in [1.807, 2.05) is 12.1 Å². The highest BCUT2D eigenvalue weighted by molar-refractivity contribution is 7.90. The van der Waals surface area contributed by atoms with Gasteiger partial charge >= 0.3 is 11.9 Å². The predicted molar refractivity (Wildman–Crippen MR) is 162 cm³/mol. The molecule has 0 saturated carbocycles. The first-order chi connectivity index (χ1) is 20.4. The Hall–Kier alpha value is -3.92. The van der Waals surface area contributed by atoms with Crippen molar-refractivity contribution < 1.29 is 42.1 Å². The normalized spacial score (nSPS) is 11.3. The van der Waals surface area contributed by atoms with Crippen LogP contribution in [0.1, 0.15) is 61.6 Å². The van der Waals surface area contributed by atoms with Crippen LogP contribution in [0.3, 0.4) is 0 Å². The maximum absolute atomic E-state index is 14.2. The van der Waals surface area contributed by atoms with Gasteiger partial charge in [-0.2, -0.15) is 0 Å². The second kappa shape index (κ2) is 16.1. The summed E-state index contributed by atoms with van der Waals surface area (Å²) in [6.45, 7) is 2.29. The Balaban J connectivity index is 1.55. The van der Waals surface area contributed by atoms with Gasteiger partial charge in [0.05, 0.1) is 18.1 Å². The van der Waals surface area contributed by atoms with Crippen LogP contribution in [0, 0.1) is 12.7 Å². The van der Waals surface area contributed by atoms with Crippen LogP contribution < -0.4 is 9.47 Å². The molecule has 3 rings (SSSR count). The van der Waals surface area contributed by atoms with Crippen LogP contribution in [0.25, 0.3) is 11.1 Å². The molecule has 0 saturated heterocycles. The minimum Gasteiger partial charge on any atom is -0.494 e. The fourth-order valence-corrected chi connectivity index (χ4v) is 5.34. The quantitative estimate of drug-likeness (QED) is 0.153. The summed E-state index contributed by atoms with van der Waals surface area (Å²) in [4.78, 5) is 22.1. The summed E-state index contributed by atoms with van der Waals surface area (Å²) in [5.74, 6) is -1.15. The summed E-state index contributed by atoms with van der Waals surface area (Å²) in [5.41, 5.74) is 3.49. The van der Waals surface area contributed by atoms with E-state index in [4.69, 9.17) is 14.6 Å². The summed E-state index contributed by atoms with van der Waals surface area (Å²) in [6.07, 6.45) is 5.94. The van der Waals surface area contributed by atoms with Crippen LogP contribution >= 0.6 is 0 Å². The van der Waals surface area contributed by atoms with Crippen LogP contribution in [0.15, 0.2) is 59.5 Å². The van der Waals surface area contributed by atoms with Crippen LogP contribution in [0.5, 0.6) is 11.5 Å². The van der Waals surface area contributed by atoms with Gasteiger partial charge in [-0.15, -0.1) is 0 Å². The molecule has 0 bridgehead atoms. The second-order valence-electron chi connectivity index (χ2n) is 10.6. The number of benzene rings is 3. The van der Waals surface area contributed by atoms with E-state index < -0.39 is 21.8 Å². The van der Waals surface area contributed by atoms with Crippen molar-refractivity contribution in [2.24, 2.45) is 0 Å². The standard InChI is InChI=1S/C33H39FO8S/c1-23-13-14-25(21-30(23)34)26-19-27(22-28(20-26)43(2,39)40)41-17-6-4-3-5-9-24-10-7-11-31(29(24)15-16-33(37)38)42-18-8-12-32(35)36/h7,10-11,13-14,19-22H,3-6,8-9,12,15-18H2,1-2H3,(H,35,36)(H,37,38). The van der Waals surface area contributed by atoms with Gasteiger partial charge in [-0.25, -0.2) is 12.8 Å². The number of aryl methyl sites for hydroxylation is 2. The van der Waals surface area contributed by atoms with E-state index in [1.165, 1.54) is 18.2 Å². The van der Waals surface area contributed by atoms with Gasteiger partial charge in [0.1, 0.15) is 17.3 Å². The molecule has 3 aromatic carbocycles. The predicted octanol–water partition coefficient (Wildman–Crippen LogP) is 6.65. The van der Waals surface area contributed by atoms with Gasteiger partial charge in [-0.1, -0.05) is 37.1 Å². The second-order valence-corrected chi connectivity index (χ2v) is 12.6. The van der Waals surface area contributed by atoms with E-state index in [9.17, 15) is 27.5 Å². The molecular formula is C33H39FO8S. The number of hydrogen-bond donors (Lipinski definition) is 2. The molecule has 232 valence electrons. The molecule has 0 atom stereocenters. The highest BCUT2D eigenvalue weighted by Gasteiger charge is 2.14. The Morgan fingerprint density at radius 1 is 0.791 bits per heavy atom. The molecule has 43 heavy (non-hydrogen) atoms. The number of carbonyl (C=O) groups is 2. The van der Waals surface area contributed by atoms with Gasteiger partial charge < -0.3 is 19.7 Å². The molecule has 10 heteroatoms. The Labute approximate surface area is 252 Å². The third-order valence-corrected chi connectivity index (χ3v) is 8.13. The molecule has 0 aromatic heterocycles. The van der Waals surface area contributed by atoms with E-state index in [1.54, 1.807) is 31.2 Å². The molecule has 2 N–H and O–H groups in total. The number of sulfone groups is 1. The van der Waals surface area contributed by atoms with E-state index in [0.29, 0.717) is 47.6 Å².